The van der Waals surface area contributed by atoms with E-state index in [2.05, 4.69) is 20.8 Å². The maximum atomic E-state index is 12.1. The summed E-state index contributed by atoms with van der Waals surface area (Å²) in [6.45, 7) is 7.12. The van der Waals surface area contributed by atoms with Crippen molar-refractivity contribution in [2.75, 3.05) is 27.7 Å². The van der Waals surface area contributed by atoms with Crippen LogP contribution in [-0.2, 0) is 27.2 Å². The van der Waals surface area contributed by atoms with Gasteiger partial charge in [0.15, 0.2) is 6.10 Å². The third kappa shape index (κ3) is 15.9. The van der Waals surface area contributed by atoms with Crippen molar-refractivity contribution in [3.05, 3.63) is 22.6 Å². The first-order valence-corrected chi connectivity index (χ1v) is 14.8. The number of carboxylic acid groups (broad SMARTS) is 1. The number of unbranched alkanes of at least 4 members (excludes halogenated alkanes) is 11. The van der Waals surface area contributed by atoms with Gasteiger partial charge in [0, 0.05) is 31.7 Å². The molecule has 0 saturated carbocycles. The molecule has 1 aromatic rings. The Morgan fingerprint density at radius 3 is 1.70 bits per heavy atom. The van der Waals surface area contributed by atoms with Gasteiger partial charge in [0.2, 0.25) is 0 Å². The van der Waals surface area contributed by atoms with Crippen molar-refractivity contribution in [2.45, 2.75) is 136 Å². The van der Waals surface area contributed by atoms with E-state index in [-0.39, 0.29) is 12.4 Å². The van der Waals surface area contributed by atoms with Crippen molar-refractivity contribution in [3.63, 3.8) is 0 Å². The second kappa shape index (κ2) is 18.4. The minimum atomic E-state index is -1.18. The van der Waals surface area contributed by atoms with E-state index in [1.807, 2.05) is 21.1 Å². The summed E-state index contributed by atoms with van der Waals surface area (Å²) in [5, 5.41) is 10.9. The normalized spacial score (nSPS) is 12.6. The molecule has 6 nitrogen and oxygen atoms in total. The van der Waals surface area contributed by atoms with Gasteiger partial charge >= 0.3 is 5.97 Å². The van der Waals surface area contributed by atoms with Gasteiger partial charge in [-0.15, -0.1) is 0 Å². The zero-order chi connectivity index (χ0) is 27.7. The molecule has 0 aliphatic heterocycles. The molecule has 1 rings (SSSR count). The van der Waals surface area contributed by atoms with Crippen LogP contribution in [0.2, 0.25) is 0 Å². The summed E-state index contributed by atoms with van der Waals surface area (Å²) in [7, 11) is 5.84. The lowest BCUT2D eigenvalue weighted by atomic mass is 10.0. The van der Waals surface area contributed by atoms with Crippen LogP contribution in [0.1, 0.15) is 126 Å². The number of aryl methyl sites for hydroxylation is 2. The summed E-state index contributed by atoms with van der Waals surface area (Å²) < 4.78 is 12.1. The summed E-state index contributed by atoms with van der Waals surface area (Å²) in [4.78, 5) is 23.1. The van der Waals surface area contributed by atoms with Crippen LogP contribution in [0.25, 0.3) is 0 Å². The molecule has 0 amide bonds. The quantitative estimate of drug-likeness (QED) is 0.103. The van der Waals surface area contributed by atoms with Crippen molar-refractivity contribution in [1.29, 1.82) is 0 Å². The predicted octanol–water partition coefficient (Wildman–Crippen LogP) is 6.22. The first-order valence-electron chi connectivity index (χ1n) is 14.8. The largest absolute Gasteiger partial charge is 0.550 e. The lowest BCUT2D eigenvalue weighted by Crippen LogP contribution is -2.45. The summed E-state index contributed by atoms with van der Waals surface area (Å²) in [6.07, 6.45) is 17.1. The summed E-state index contributed by atoms with van der Waals surface area (Å²) in [5.74, 6) is 0.932. The average Bonchev–Trinajstić information content (AvgIpc) is 3.06. The maximum Gasteiger partial charge on any atom is 0.306 e. The molecule has 0 aliphatic rings. The number of aliphatic carboxylic acids is 1. The molecular formula is C31H55NO5. The second-order valence-corrected chi connectivity index (χ2v) is 11.9. The number of carboxylic acids is 1. The Morgan fingerprint density at radius 2 is 1.24 bits per heavy atom. The van der Waals surface area contributed by atoms with Gasteiger partial charge in [-0.25, -0.2) is 0 Å². The fourth-order valence-electron chi connectivity index (χ4n) is 4.89. The Balaban J connectivity index is 2.05. The number of carbonyl (C=O) groups excluding carboxylic acids is 2. The highest BCUT2D eigenvalue weighted by Crippen LogP contribution is 2.25. The van der Waals surface area contributed by atoms with Crippen LogP contribution in [0.3, 0.4) is 0 Å². The van der Waals surface area contributed by atoms with Gasteiger partial charge in [0.1, 0.15) is 18.1 Å². The van der Waals surface area contributed by atoms with Gasteiger partial charge in [-0.2, -0.15) is 0 Å². The molecule has 1 atom stereocenters. The van der Waals surface area contributed by atoms with Crippen LogP contribution in [0.5, 0.6) is 0 Å². The van der Waals surface area contributed by atoms with Crippen LogP contribution in [-0.4, -0.2) is 50.2 Å². The maximum absolute atomic E-state index is 12.1. The monoisotopic (exact) mass is 521 g/mol. The molecule has 0 radical (unpaired) electrons. The number of rotatable bonds is 22. The lowest BCUT2D eigenvalue weighted by molar-refractivity contribution is -0.873. The van der Waals surface area contributed by atoms with E-state index in [1.54, 1.807) is 0 Å². The Hall–Kier alpha value is -1.82. The third-order valence-corrected chi connectivity index (χ3v) is 7.13. The number of carbonyl (C=O) groups is 2. The summed E-state index contributed by atoms with van der Waals surface area (Å²) in [6, 6.07) is 0. The Bertz CT molecular complexity index is 777. The van der Waals surface area contributed by atoms with E-state index < -0.39 is 12.1 Å². The number of likely N-dealkylation sites (N-methyl/N-ethyl adjacent to an activating group) is 1. The number of esters is 1. The zero-order valence-corrected chi connectivity index (χ0v) is 24.8. The van der Waals surface area contributed by atoms with E-state index in [0.29, 0.717) is 17.4 Å². The number of quaternary nitrogens is 1. The summed E-state index contributed by atoms with van der Waals surface area (Å²) in [5.41, 5.74) is 2.73. The molecule has 0 fully saturated rings. The fraction of sp³-hybridized carbons (Fsp3) is 0.806. The van der Waals surface area contributed by atoms with Crippen LogP contribution in [0, 0.1) is 13.8 Å². The van der Waals surface area contributed by atoms with Crippen molar-refractivity contribution in [2.24, 2.45) is 0 Å². The predicted molar refractivity (Wildman–Crippen MR) is 148 cm³/mol. The van der Waals surface area contributed by atoms with Crippen molar-refractivity contribution in [1.82, 2.24) is 0 Å². The number of hydrogen-bond donors (Lipinski definition) is 0. The molecule has 0 bridgehead atoms. The molecule has 1 unspecified atom stereocenters. The van der Waals surface area contributed by atoms with Gasteiger partial charge in [-0.05, 0) is 44.2 Å². The van der Waals surface area contributed by atoms with E-state index in [1.165, 1.54) is 86.9 Å². The van der Waals surface area contributed by atoms with Gasteiger partial charge < -0.3 is 23.5 Å². The van der Waals surface area contributed by atoms with Crippen molar-refractivity contribution < 1.29 is 28.3 Å². The van der Waals surface area contributed by atoms with Crippen molar-refractivity contribution in [3.8, 4) is 0 Å². The lowest BCUT2D eigenvalue weighted by Gasteiger charge is -2.29. The minimum Gasteiger partial charge on any atom is -0.550 e. The van der Waals surface area contributed by atoms with E-state index in [9.17, 15) is 14.7 Å². The van der Waals surface area contributed by atoms with Crippen LogP contribution in [0.15, 0.2) is 4.42 Å². The van der Waals surface area contributed by atoms with Gasteiger partial charge in [0.05, 0.1) is 21.1 Å². The standard InChI is InChI=1S/C31H55NO5/c1-7-8-17-20-28-25(2)26(3)29(37-28)21-18-15-13-11-9-10-12-14-16-19-22-31(35)36-27(23-30(33)34)24-32(4,5)6/h27H,7-24H2,1-6H3. The van der Waals surface area contributed by atoms with Crippen molar-refractivity contribution >= 4 is 11.9 Å². The fourth-order valence-corrected chi connectivity index (χ4v) is 4.89. The second-order valence-electron chi connectivity index (χ2n) is 11.9. The highest BCUT2D eigenvalue weighted by atomic mass is 16.5. The van der Waals surface area contributed by atoms with Gasteiger partial charge in [-0.1, -0.05) is 71.1 Å². The van der Waals surface area contributed by atoms with Crippen LogP contribution >= 0.6 is 0 Å². The third-order valence-electron chi connectivity index (χ3n) is 7.13. The first-order chi connectivity index (χ1) is 17.5. The number of furan rings is 1. The number of ether oxygens (including phenoxy) is 1. The first kappa shape index (κ1) is 33.2. The average molecular weight is 522 g/mol. The van der Waals surface area contributed by atoms with E-state index in [0.717, 1.165) is 32.1 Å². The Labute approximate surface area is 226 Å². The van der Waals surface area contributed by atoms with Gasteiger partial charge in [0.25, 0.3) is 0 Å². The van der Waals surface area contributed by atoms with E-state index in [4.69, 9.17) is 9.15 Å². The minimum absolute atomic E-state index is 0.247. The molecule has 37 heavy (non-hydrogen) atoms. The SMILES string of the molecule is CCCCCc1oc(CCCCCCCCCCCCC(=O)OC(CC(=O)[O-])C[N+](C)(C)C)c(C)c1C. The highest BCUT2D eigenvalue weighted by Gasteiger charge is 2.22. The molecule has 0 spiro atoms. The molecule has 1 heterocycles. The molecule has 0 saturated heterocycles. The smallest absolute Gasteiger partial charge is 0.306 e. The van der Waals surface area contributed by atoms with E-state index >= 15 is 0 Å². The van der Waals surface area contributed by atoms with Crippen LogP contribution in [0.4, 0.5) is 0 Å². The Kier molecular flexibility index (Phi) is 16.5. The molecule has 0 N–H and O–H groups in total. The molecule has 1 aromatic heterocycles. The topological polar surface area (TPSA) is 79.6 Å². The molecule has 0 aliphatic carbocycles. The van der Waals surface area contributed by atoms with Gasteiger partial charge in [-0.3, -0.25) is 4.79 Å². The van der Waals surface area contributed by atoms with Crippen LogP contribution < -0.4 is 5.11 Å². The zero-order valence-electron chi connectivity index (χ0n) is 24.8. The Morgan fingerprint density at radius 1 is 0.784 bits per heavy atom. The molecule has 214 valence electrons. The summed E-state index contributed by atoms with van der Waals surface area (Å²) >= 11 is 0. The highest BCUT2D eigenvalue weighted by molar-refractivity contribution is 5.70. The number of hydrogen-bond acceptors (Lipinski definition) is 5. The molecular weight excluding hydrogens is 466 g/mol. The molecule has 0 aromatic carbocycles. The number of nitrogens with zero attached hydrogens (tertiary/aromatic N) is 1. The molecule has 6 heteroatoms.